The summed E-state index contributed by atoms with van der Waals surface area (Å²) < 4.78 is 22.6. The van der Waals surface area contributed by atoms with Gasteiger partial charge in [0, 0.05) is 5.69 Å². The Bertz CT molecular complexity index is 607. The molecule has 0 radical (unpaired) electrons. The Balaban J connectivity index is 2.70. The number of rotatable bonds is 5. The molecular weight excluding hydrogens is 270 g/mol. The normalized spacial score (nSPS) is 11.1. The van der Waals surface area contributed by atoms with Gasteiger partial charge < -0.3 is 10.4 Å². The third-order valence-corrected chi connectivity index (χ3v) is 3.87. The Labute approximate surface area is 111 Å². The van der Waals surface area contributed by atoms with E-state index >= 15 is 0 Å². The van der Waals surface area contributed by atoms with Gasteiger partial charge in [-0.05, 0) is 37.1 Å². The van der Waals surface area contributed by atoms with E-state index in [2.05, 4.69) is 5.32 Å². The van der Waals surface area contributed by atoms with Crippen LogP contribution >= 0.6 is 0 Å². The Kier molecular flexibility index (Phi) is 4.66. The Morgan fingerprint density at radius 2 is 1.79 bits per heavy atom. The summed E-state index contributed by atoms with van der Waals surface area (Å²) in [6.07, 6.45) is 0. The molecule has 0 saturated heterocycles. The smallest absolute Gasteiger partial charge is 0.318 e. The van der Waals surface area contributed by atoms with E-state index in [0.29, 0.717) is 5.69 Å². The maximum absolute atomic E-state index is 11.5. The molecule has 0 spiro atoms. The molecule has 7 heteroatoms. The number of carbonyl (C=O) groups excluding carboxylic acids is 1. The van der Waals surface area contributed by atoms with Crippen LogP contribution in [-0.2, 0) is 19.4 Å². The quantitative estimate of drug-likeness (QED) is 0.831. The van der Waals surface area contributed by atoms with Crippen LogP contribution in [0.15, 0.2) is 18.2 Å². The topological polar surface area (TPSA) is 101 Å². The molecule has 0 heterocycles. The zero-order valence-electron chi connectivity index (χ0n) is 10.6. The molecule has 1 aromatic rings. The molecule has 1 rings (SSSR count). The lowest BCUT2D eigenvalue weighted by molar-refractivity contribution is -0.134. The van der Waals surface area contributed by atoms with Gasteiger partial charge in [-0.25, -0.2) is 8.42 Å². The molecular formula is C12H15NO5S. The van der Waals surface area contributed by atoms with Crippen molar-refractivity contribution >= 4 is 27.4 Å². The van der Waals surface area contributed by atoms with Crippen LogP contribution in [0.5, 0.6) is 0 Å². The zero-order valence-corrected chi connectivity index (χ0v) is 11.5. The molecule has 6 nitrogen and oxygen atoms in total. The molecule has 0 fully saturated rings. The first-order chi connectivity index (χ1) is 8.69. The molecule has 1 amide bonds. The fourth-order valence-electron chi connectivity index (χ4n) is 1.46. The number of aliphatic carboxylic acids is 1. The Morgan fingerprint density at radius 3 is 2.32 bits per heavy atom. The second-order valence-electron chi connectivity index (χ2n) is 4.27. The van der Waals surface area contributed by atoms with Crippen molar-refractivity contribution in [3.05, 3.63) is 29.3 Å². The number of benzene rings is 1. The van der Waals surface area contributed by atoms with Crippen LogP contribution < -0.4 is 5.32 Å². The molecule has 0 bridgehead atoms. The SMILES string of the molecule is Cc1ccc(NC(=O)CS(=O)(=O)CC(=O)O)cc1C. The third kappa shape index (κ3) is 5.09. The summed E-state index contributed by atoms with van der Waals surface area (Å²) in [5.74, 6) is -4.11. The van der Waals surface area contributed by atoms with E-state index in [-0.39, 0.29) is 0 Å². The Morgan fingerprint density at radius 1 is 1.16 bits per heavy atom. The van der Waals surface area contributed by atoms with Crippen LogP contribution in [0.3, 0.4) is 0 Å². The third-order valence-electron chi connectivity index (χ3n) is 2.49. The first-order valence-corrected chi connectivity index (χ1v) is 7.31. The molecule has 19 heavy (non-hydrogen) atoms. The van der Waals surface area contributed by atoms with Crippen molar-refractivity contribution in [2.45, 2.75) is 13.8 Å². The number of sulfone groups is 1. The van der Waals surface area contributed by atoms with Gasteiger partial charge in [0.1, 0.15) is 11.5 Å². The van der Waals surface area contributed by atoms with Gasteiger partial charge in [-0.3, -0.25) is 9.59 Å². The number of carbonyl (C=O) groups is 2. The van der Waals surface area contributed by atoms with Crippen LogP contribution in [0.4, 0.5) is 5.69 Å². The summed E-state index contributed by atoms with van der Waals surface area (Å²) in [6, 6.07) is 5.18. The van der Waals surface area contributed by atoms with Crippen LogP contribution in [0.25, 0.3) is 0 Å². The van der Waals surface area contributed by atoms with Crippen molar-refractivity contribution in [2.24, 2.45) is 0 Å². The largest absolute Gasteiger partial charge is 0.480 e. The van der Waals surface area contributed by atoms with E-state index in [4.69, 9.17) is 5.11 Å². The number of carboxylic acids is 1. The molecule has 0 unspecified atom stereocenters. The van der Waals surface area contributed by atoms with Gasteiger partial charge >= 0.3 is 5.97 Å². The molecule has 2 N–H and O–H groups in total. The summed E-state index contributed by atoms with van der Waals surface area (Å²) >= 11 is 0. The number of aryl methyl sites for hydroxylation is 2. The van der Waals surface area contributed by atoms with E-state index in [0.717, 1.165) is 11.1 Å². The van der Waals surface area contributed by atoms with Gasteiger partial charge in [0.05, 0.1) is 0 Å². The molecule has 0 atom stereocenters. The van der Waals surface area contributed by atoms with Gasteiger partial charge in [-0.1, -0.05) is 6.07 Å². The van der Waals surface area contributed by atoms with Gasteiger partial charge in [0.2, 0.25) is 5.91 Å². The van der Waals surface area contributed by atoms with Gasteiger partial charge in [-0.15, -0.1) is 0 Å². The fourth-order valence-corrected chi connectivity index (χ4v) is 2.41. The van der Waals surface area contributed by atoms with E-state index < -0.39 is 33.2 Å². The summed E-state index contributed by atoms with van der Waals surface area (Å²) in [7, 11) is -3.93. The number of hydrogen-bond donors (Lipinski definition) is 2. The molecule has 0 aliphatic heterocycles. The van der Waals surface area contributed by atoms with Gasteiger partial charge in [0.25, 0.3) is 0 Å². The predicted octanol–water partition coefficient (Wildman–Crippen LogP) is 0.741. The lowest BCUT2D eigenvalue weighted by Crippen LogP contribution is -2.27. The summed E-state index contributed by atoms with van der Waals surface area (Å²) in [6.45, 7) is 3.78. The summed E-state index contributed by atoms with van der Waals surface area (Å²) in [4.78, 5) is 21.8. The average molecular weight is 285 g/mol. The number of anilines is 1. The minimum absolute atomic E-state index is 0.485. The highest BCUT2D eigenvalue weighted by Gasteiger charge is 2.20. The number of hydrogen-bond acceptors (Lipinski definition) is 4. The second kappa shape index (κ2) is 5.83. The van der Waals surface area contributed by atoms with Crippen molar-refractivity contribution in [3.8, 4) is 0 Å². The minimum Gasteiger partial charge on any atom is -0.480 e. The van der Waals surface area contributed by atoms with E-state index in [9.17, 15) is 18.0 Å². The van der Waals surface area contributed by atoms with Crippen molar-refractivity contribution in [1.29, 1.82) is 0 Å². The fraction of sp³-hybridized carbons (Fsp3) is 0.333. The number of carboxylic acid groups (broad SMARTS) is 1. The minimum atomic E-state index is -3.93. The van der Waals surface area contributed by atoms with Crippen molar-refractivity contribution in [3.63, 3.8) is 0 Å². The highest BCUT2D eigenvalue weighted by Crippen LogP contribution is 2.14. The van der Waals surface area contributed by atoms with E-state index in [1.807, 2.05) is 13.8 Å². The highest BCUT2D eigenvalue weighted by atomic mass is 32.2. The predicted molar refractivity (Wildman–Crippen MR) is 70.8 cm³/mol. The second-order valence-corrected chi connectivity index (χ2v) is 6.34. The highest BCUT2D eigenvalue weighted by molar-refractivity contribution is 7.92. The Hall–Kier alpha value is -1.89. The molecule has 0 aromatic heterocycles. The monoisotopic (exact) mass is 285 g/mol. The van der Waals surface area contributed by atoms with Crippen LogP contribution in [0, 0.1) is 13.8 Å². The first kappa shape index (κ1) is 15.2. The van der Waals surface area contributed by atoms with E-state index in [1.165, 1.54) is 0 Å². The maximum Gasteiger partial charge on any atom is 0.318 e. The molecule has 0 aliphatic rings. The van der Waals surface area contributed by atoms with Crippen LogP contribution in [0.1, 0.15) is 11.1 Å². The number of nitrogens with one attached hydrogen (secondary N) is 1. The van der Waals surface area contributed by atoms with Crippen molar-refractivity contribution in [1.82, 2.24) is 0 Å². The standard InChI is InChI=1S/C12H15NO5S/c1-8-3-4-10(5-9(8)2)13-11(14)6-19(17,18)7-12(15)16/h3-5H,6-7H2,1-2H3,(H,13,14)(H,15,16). The van der Waals surface area contributed by atoms with Crippen molar-refractivity contribution in [2.75, 3.05) is 16.8 Å². The van der Waals surface area contributed by atoms with Gasteiger partial charge in [0.15, 0.2) is 9.84 Å². The summed E-state index contributed by atoms with van der Waals surface area (Å²) in [5.41, 5.74) is 2.50. The lowest BCUT2D eigenvalue weighted by atomic mass is 10.1. The number of amides is 1. The average Bonchev–Trinajstić information content (AvgIpc) is 2.20. The molecule has 0 aliphatic carbocycles. The maximum atomic E-state index is 11.5. The van der Waals surface area contributed by atoms with Gasteiger partial charge in [-0.2, -0.15) is 0 Å². The van der Waals surface area contributed by atoms with Crippen LogP contribution in [-0.4, -0.2) is 36.9 Å². The first-order valence-electron chi connectivity index (χ1n) is 5.49. The summed E-state index contributed by atoms with van der Waals surface area (Å²) in [5, 5.41) is 10.8. The zero-order chi connectivity index (χ0) is 14.6. The molecule has 104 valence electrons. The van der Waals surface area contributed by atoms with Crippen LogP contribution in [0.2, 0.25) is 0 Å². The molecule has 0 saturated carbocycles. The lowest BCUT2D eigenvalue weighted by Gasteiger charge is -2.07. The van der Waals surface area contributed by atoms with E-state index in [1.54, 1.807) is 18.2 Å². The van der Waals surface area contributed by atoms with Crippen molar-refractivity contribution < 1.29 is 23.1 Å². The molecule has 1 aromatic carbocycles.